The Morgan fingerprint density at radius 1 is 1.24 bits per heavy atom. The first-order chi connectivity index (χ1) is 8.20. The van der Waals surface area contributed by atoms with E-state index >= 15 is 0 Å². The van der Waals surface area contributed by atoms with Crippen LogP contribution in [0.3, 0.4) is 0 Å². The van der Waals surface area contributed by atoms with Crippen molar-refractivity contribution < 1.29 is 10.0 Å². The van der Waals surface area contributed by atoms with Gasteiger partial charge in [0, 0.05) is 5.92 Å². The number of nitrogens with two attached hydrogens (primary N) is 1. The number of hydrogen-bond donors (Lipinski definition) is 2. The normalized spacial score (nSPS) is 24.3. The van der Waals surface area contributed by atoms with E-state index in [1.165, 1.54) is 0 Å². The van der Waals surface area contributed by atoms with E-state index in [2.05, 4.69) is 0 Å². The molecule has 2 rings (SSSR count). The number of hydroxylamine groups is 2. The van der Waals surface area contributed by atoms with Crippen LogP contribution in [0, 0.1) is 0 Å². The van der Waals surface area contributed by atoms with Crippen LogP contribution < -0.4 is 5.73 Å². The molecule has 0 unspecified atom stereocenters. The number of amides is 2. The van der Waals surface area contributed by atoms with Gasteiger partial charge in [0.05, 0.1) is 6.04 Å². The zero-order valence-electron chi connectivity index (χ0n) is 9.75. The molecule has 1 fully saturated rings. The third kappa shape index (κ3) is 2.58. The molecule has 0 radical (unpaired) electrons. The van der Waals surface area contributed by atoms with Crippen LogP contribution in [0.2, 0.25) is 0 Å². The smallest absolute Gasteiger partial charge is 0.338 e. The van der Waals surface area contributed by atoms with Crippen LogP contribution in [-0.2, 0) is 0 Å². The zero-order chi connectivity index (χ0) is 12.3. The molecule has 2 amide bonds. The van der Waals surface area contributed by atoms with Crippen molar-refractivity contribution in [1.82, 2.24) is 5.06 Å². The molecule has 1 aliphatic rings. The van der Waals surface area contributed by atoms with Crippen molar-refractivity contribution in [1.29, 1.82) is 0 Å². The Balaban J connectivity index is 2.21. The van der Waals surface area contributed by atoms with E-state index in [9.17, 15) is 10.0 Å². The lowest BCUT2D eigenvalue weighted by atomic mass is 9.80. The summed E-state index contributed by atoms with van der Waals surface area (Å²) in [5.41, 5.74) is 6.31. The lowest BCUT2D eigenvalue weighted by molar-refractivity contribution is -0.0903. The highest BCUT2D eigenvalue weighted by molar-refractivity contribution is 5.71. The topological polar surface area (TPSA) is 66.6 Å². The van der Waals surface area contributed by atoms with E-state index in [1.54, 1.807) is 0 Å². The van der Waals surface area contributed by atoms with Gasteiger partial charge in [-0.05, 0) is 18.4 Å². The van der Waals surface area contributed by atoms with Crippen LogP contribution in [0.15, 0.2) is 30.3 Å². The summed E-state index contributed by atoms with van der Waals surface area (Å²) in [4.78, 5) is 11.1. The van der Waals surface area contributed by atoms with Crippen LogP contribution in [0.1, 0.15) is 37.2 Å². The molecule has 1 aliphatic carbocycles. The monoisotopic (exact) mass is 234 g/mol. The van der Waals surface area contributed by atoms with Crippen LogP contribution >= 0.6 is 0 Å². The molecular weight excluding hydrogens is 216 g/mol. The predicted octanol–water partition coefficient (Wildman–Crippen LogP) is 2.48. The maximum atomic E-state index is 11.1. The van der Waals surface area contributed by atoms with Gasteiger partial charge >= 0.3 is 6.03 Å². The maximum Gasteiger partial charge on any atom is 0.338 e. The Bertz CT molecular complexity index is 380. The molecule has 1 aromatic rings. The van der Waals surface area contributed by atoms with E-state index in [-0.39, 0.29) is 12.0 Å². The van der Waals surface area contributed by atoms with Crippen LogP contribution in [0.25, 0.3) is 0 Å². The average molecular weight is 234 g/mol. The van der Waals surface area contributed by atoms with Crippen molar-refractivity contribution in [3.8, 4) is 0 Å². The molecular formula is C13H18N2O2. The molecule has 17 heavy (non-hydrogen) atoms. The van der Waals surface area contributed by atoms with Crippen molar-refractivity contribution in [3.63, 3.8) is 0 Å². The number of rotatable bonds is 2. The highest BCUT2D eigenvalue weighted by Crippen LogP contribution is 2.35. The van der Waals surface area contributed by atoms with Crippen LogP contribution in [-0.4, -0.2) is 22.3 Å². The predicted molar refractivity (Wildman–Crippen MR) is 64.6 cm³/mol. The van der Waals surface area contributed by atoms with Gasteiger partial charge in [-0.25, -0.2) is 9.86 Å². The van der Waals surface area contributed by atoms with Gasteiger partial charge in [-0.1, -0.05) is 43.2 Å². The number of benzene rings is 1. The summed E-state index contributed by atoms with van der Waals surface area (Å²) in [5, 5.41) is 10.4. The van der Waals surface area contributed by atoms with Crippen molar-refractivity contribution in [2.75, 3.05) is 0 Å². The molecule has 4 heteroatoms. The lowest BCUT2D eigenvalue weighted by Gasteiger charge is -2.35. The number of carbonyl (C=O) groups is 1. The van der Waals surface area contributed by atoms with Crippen molar-refractivity contribution in [2.45, 2.75) is 37.6 Å². The highest BCUT2D eigenvalue weighted by Gasteiger charge is 2.32. The number of urea groups is 1. The van der Waals surface area contributed by atoms with Crippen molar-refractivity contribution in [2.24, 2.45) is 5.73 Å². The largest absolute Gasteiger partial charge is 0.350 e. The second-order valence-corrected chi connectivity index (χ2v) is 4.55. The first-order valence-electron chi connectivity index (χ1n) is 6.02. The number of nitrogens with zero attached hydrogens (tertiary/aromatic N) is 1. The van der Waals surface area contributed by atoms with Crippen LogP contribution in [0.5, 0.6) is 0 Å². The standard InChI is InChI=1S/C13H18N2O2/c14-13(16)15(17)12-9-5-4-8-11(12)10-6-2-1-3-7-10/h1-3,6-7,11-12,17H,4-5,8-9H2,(H2,14,16)/t11-,12+/m0/s1. The minimum atomic E-state index is -0.766. The van der Waals surface area contributed by atoms with E-state index in [0.29, 0.717) is 5.06 Å². The van der Waals surface area contributed by atoms with E-state index < -0.39 is 6.03 Å². The Kier molecular flexibility index (Phi) is 3.64. The molecule has 1 aromatic carbocycles. The molecule has 0 heterocycles. The number of primary amides is 1. The summed E-state index contributed by atoms with van der Waals surface area (Å²) >= 11 is 0. The molecule has 0 bridgehead atoms. The molecule has 0 saturated heterocycles. The highest BCUT2D eigenvalue weighted by atomic mass is 16.5. The van der Waals surface area contributed by atoms with Gasteiger partial charge in [0.2, 0.25) is 0 Å². The van der Waals surface area contributed by atoms with E-state index in [0.717, 1.165) is 31.2 Å². The molecule has 0 aliphatic heterocycles. The molecule has 92 valence electrons. The maximum absolute atomic E-state index is 11.1. The Morgan fingerprint density at radius 2 is 1.88 bits per heavy atom. The second kappa shape index (κ2) is 5.19. The molecule has 0 aromatic heterocycles. The van der Waals surface area contributed by atoms with Gasteiger partial charge in [-0.15, -0.1) is 0 Å². The summed E-state index contributed by atoms with van der Waals surface area (Å²) in [6.07, 6.45) is 3.94. The van der Waals surface area contributed by atoms with Gasteiger partial charge < -0.3 is 5.73 Å². The van der Waals surface area contributed by atoms with Crippen LogP contribution in [0.4, 0.5) is 4.79 Å². The fraction of sp³-hybridized carbons (Fsp3) is 0.462. The quantitative estimate of drug-likeness (QED) is 0.609. The van der Waals surface area contributed by atoms with Gasteiger partial charge in [-0.2, -0.15) is 0 Å². The van der Waals surface area contributed by atoms with Gasteiger partial charge in [-0.3, -0.25) is 5.21 Å². The fourth-order valence-electron chi connectivity index (χ4n) is 2.66. The third-order valence-corrected chi connectivity index (χ3v) is 3.50. The van der Waals surface area contributed by atoms with Gasteiger partial charge in [0.1, 0.15) is 0 Å². The van der Waals surface area contributed by atoms with Gasteiger partial charge in [0.15, 0.2) is 0 Å². The first-order valence-corrected chi connectivity index (χ1v) is 6.02. The second-order valence-electron chi connectivity index (χ2n) is 4.55. The summed E-state index contributed by atoms with van der Waals surface area (Å²) in [6, 6.07) is 9.04. The van der Waals surface area contributed by atoms with E-state index in [1.807, 2.05) is 30.3 Å². The first kappa shape index (κ1) is 11.9. The van der Waals surface area contributed by atoms with Gasteiger partial charge in [0.25, 0.3) is 0 Å². The Morgan fingerprint density at radius 3 is 2.53 bits per heavy atom. The fourth-order valence-corrected chi connectivity index (χ4v) is 2.66. The van der Waals surface area contributed by atoms with E-state index in [4.69, 9.17) is 5.73 Å². The minimum absolute atomic E-state index is 0.183. The molecule has 1 saturated carbocycles. The molecule has 3 N–H and O–H groups in total. The number of hydrogen-bond acceptors (Lipinski definition) is 2. The Labute approximate surface area is 101 Å². The van der Waals surface area contributed by atoms with Crippen molar-refractivity contribution >= 4 is 6.03 Å². The summed E-state index contributed by atoms with van der Waals surface area (Å²) < 4.78 is 0. The number of carbonyl (C=O) groups excluding carboxylic acids is 1. The summed E-state index contributed by atoms with van der Waals surface area (Å²) in [7, 11) is 0. The zero-order valence-corrected chi connectivity index (χ0v) is 9.75. The Hall–Kier alpha value is -1.55. The molecule has 2 atom stereocenters. The lowest BCUT2D eigenvalue weighted by Crippen LogP contribution is -2.45. The minimum Gasteiger partial charge on any atom is -0.350 e. The SMILES string of the molecule is NC(=O)N(O)[C@@H]1CCCC[C@H]1c1ccccc1. The van der Waals surface area contributed by atoms with Crippen molar-refractivity contribution in [3.05, 3.63) is 35.9 Å². The molecule has 0 spiro atoms. The average Bonchev–Trinajstić information content (AvgIpc) is 2.39. The molecule has 4 nitrogen and oxygen atoms in total. The summed E-state index contributed by atoms with van der Waals surface area (Å²) in [6.45, 7) is 0. The third-order valence-electron chi connectivity index (χ3n) is 3.50. The summed E-state index contributed by atoms with van der Waals surface area (Å²) in [5.74, 6) is 0.183.